The number of carbonyl (C=O) groups excluding carboxylic acids is 1. The van der Waals surface area contributed by atoms with E-state index in [9.17, 15) is 4.79 Å². The Labute approximate surface area is 188 Å². The third-order valence-electron chi connectivity index (χ3n) is 4.89. The number of hydrogen-bond donors (Lipinski definition) is 1. The fraction of sp³-hybridized carbons (Fsp3) is 0.300. The Kier molecular flexibility index (Phi) is 6.47. The number of nitrogens with one attached hydrogen (secondary N) is 1. The molecule has 0 saturated carbocycles. The van der Waals surface area contributed by atoms with Crippen molar-refractivity contribution in [3.63, 3.8) is 0 Å². The minimum absolute atomic E-state index is 0.184. The highest BCUT2D eigenvalue weighted by Gasteiger charge is 2.20. The monoisotopic (exact) mass is 468 g/mol. The van der Waals surface area contributed by atoms with Crippen LogP contribution < -0.4 is 10.2 Å². The summed E-state index contributed by atoms with van der Waals surface area (Å²) in [4.78, 5) is 21.6. The number of rotatable bonds is 5. The molecule has 5 nitrogen and oxygen atoms in total. The molecular weight excluding hydrogens is 451 g/mol. The summed E-state index contributed by atoms with van der Waals surface area (Å²) in [5, 5.41) is 5.51. The average Bonchev–Trinajstić information content (AvgIpc) is 3.14. The first kappa shape index (κ1) is 20.7. The van der Waals surface area contributed by atoms with Gasteiger partial charge in [0.2, 0.25) is 0 Å². The third kappa shape index (κ3) is 4.78. The lowest BCUT2D eigenvalue weighted by Gasteiger charge is -2.34. The minimum Gasteiger partial charge on any atom is -0.351 e. The van der Waals surface area contributed by atoms with E-state index >= 15 is 0 Å². The number of hydrogen-bond acceptors (Lipinski definition) is 5. The Morgan fingerprint density at radius 3 is 2.59 bits per heavy atom. The SMILES string of the molecule is O=C(NCCN1CCN(c2nc3c(Cl)cccc3s2)CC1)c1ccc(Cl)cc1Cl. The lowest BCUT2D eigenvalue weighted by Crippen LogP contribution is -2.48. The van der Waals surface area contributed by atoms with Crippen LogP contribution in [0, 0.1) is 0 Å². The van der Waals surface area contributed by atoms with E-state index in [1.807, 2.05) is 18.2 Å². The van der Waals surface area contributed by atoms with Gasteiger partial charge in [-0.1, -0.05) is 52.2 Å². The number of para-hydroxylation sites is 1. The maximum Gasteiger partial charge on any atom is 0.252 e. The molecule has 0 unspecified atom stereocenters. The van der Waals surface area contributed by atoms with Crippen LogP contribution in [0.25, 0.3) is 10.2 Å². The molecule has 9 heteroatoms. The molecule has 0 spiro atoms. The van der Waals surface area contributed by atoms with E-state index in [2.05, 4.69) is 15.1 Å². The van der Waals surface area contributed by atoms with Crippen LogP contribution in [0.3, 0.4) is 0 Å². The van der Waals surface area contributed by atoms with Crippen molar-refractivity contribution in [3.8, 4) is 0 Å². The molecule has 0 radical (unpaired) electrons. The van der Waals surface area contributed by atoms with Gasteiger partial charge in [0.15, 0.2) is 5.13 Å². The molecule has 1 fully saturated rings. The van der Waals surface area contributed by atoms with Gasteiger partial charge in [0.25, 0.3) is 5.91 Å². The molecule has 0 atom stereocenters. The lowest BCUT2D eigenvalue weighted by molar-refractivity contribution is 0.0948. The van der Waals surface area contributed by atoms with Gasteiger partial charge in [-0.25, -0.2) is 4.98 Å². The van der Waals surface area contributed by atoms with Gasteiger partial charge in [0, 0.05) is 44.3 Å². The van der Waals surface area contributed by atoms with Gasteiger partial charge in [-0.05, 0) is 30.3 Å². The zero-order valence-electron chi connectivity index (χ0n) is 15.5. The summed E-state index contributed by atoms with van der Waals surface area (Å²) in [6.45, 7) is 4.98. The number of nitrogens with zero attached hydrogens (tertiary/aromatic N) is 3. The summed E-state index contributed by atoms with van der Waals surface area (Å²) in [6.07, 6.45) is 0. The second kappa shape index (κ2) is 9.06. The molecule has 1 aromatic heterocycles. The van der Waals surface area contributed by atoms with E-state index in [4.69, 9.17) is 39.8 Å². The van der Waals surface area contributed by atoms with Crippen LogP contribution in [0.2, 0.25) is 15.1 Å². The van der Waals surface area contributed by atoms with Crippen molar-refractivity contribution in [1.82, 2.24) is 15.2 Å². The van der Waals surface area contributed by atoms with Gasteiger partial charge in [-0.2, -0.15) is 0 Å². The van der Waals surface area contributed by atoms with Gasteiger partial charge >= 0.3 is 0 Å². The van der Waals surface area contributed by atoms with E-state index in [-0.39, 0.29) is 5.91 Å². The smallest absolute Gasteiger partial charge is 0.252 e. The number of piperazine rings is 1. The predicted molar refractivity (Wildman–Crippen MR) is 122 cm³/mol. The first-order valence-electron chi connectivity index (χ1n) is 9.27. The number of carbonyl (C=O) groups is 1. The van der Waals surface area contributed by atoms with E-state index in [1.165, 1.54) is 0 Å². The van der Waals surface area contributed by atoms with Crippen molar-refractivity contribution in [2.45, 2.75) is 0 Å². The van der Waals surface area contributed by atoms with Crippen molar-refractivity contribution >= 4 is 67.4 Å². The largest absolute Gasteiger partial charge is 0.351 e. The Balaban J connectivity index is 1.26. The molecule has 3 aromatic rings. The maximum absolute atomic E-state index is 12.3. The number of aromatic nitrogens is 1. The van der Waals surface area contributed by atoms with Gasteiger partial charge in [0.1, 0.15) is 5.52 Å². The molecule has 2 heterocycles. The molecule has 0 bridgehead atoms. The minimum atomic E-state index is -0.184. The van der Waals surface area contributed by atoms with Crippen LogP contribution in [0.15, 0.2) is 36.4 Å². The highest BCUT2D eigenvalue weighted by Crippen LogP contribution is 2.33. The van der Waals surface area contributed by atoms with Crippen molar-refractivity contribution in [2.24, 2.45) is 0 Å². The zero-order valence-corrected chi connectivity index (χ0v) is 18.6. The Bertz CT molecular complexity index is 1030. The molecule has 1 saturated heterocycles. The van der Waals surface area contributed by atoms with E-state index in [0.29, 0.717) is 27.2 Å². The number of anilines is 1. The first-order chi connectivity index (χ1) is 14.0. The normalized spacial score (nSPS) is 15.1. The number of fused-ring (bicyclic) bond motifs is 1. The summed E-state index contributed by atoms with van der Waals surface area (Å²) >= 11 is 19.9. The molecule has 1 amide bonds. The van der Waals surface area contributed by atoms with Gasteiger partial charge in [-0.15, -0.1) is 0 Å². The summed E-state index contributed by atoms with van der Waals surface area (Å²) in [5.74, 6) is -0.184. The predicted octanol–water partition coefficient (Wildman–Crippen LogP) is 4.81. The van der Waals surface area contributed by atoms with Crippen molar-refractivity contribution in [2.75, 3.05) is 44.2 Å². The quantitative estimate of drug-likeness (QED) is 0.583. The van der Waals surface area contributed by atoms with Crippen LogP contribution in [-0.4, -0.2) is 55.1 Å². The van der Waals surface area contributed by atoms with Crippen LogP contribution in [-0.2, 0) is 0 Å². The third-order valence-corrected chi connectivity index (χ3v) is 6.82. The molecule has 29 heavy (non-hydrogen) atoms. The van der Waals surface area contributed by atoms with E-state index in [0.717, 1.165) is 48.1 Å². The van der Waals surface area contributed by atoms with Gasteiger partial charge < -0.3 is 10.2 Å². The molecule has 0 aliphatic carbocycles. The second-order valence-corrected chi connectivity index (χ2v) is 9.05. The highest BCUT2D eigenvalue weighted by atomic mass is 35.5. The van der Waals surface area contributed by atoms with Crippen LogP contribution in [0.4, 0.5) is 5.13 Å². The Hall–Kier alpha value is -1.57. The van der Waals surface area contributed by atoms with E-state index < -0.39 is 0 Å². The topological polar surface area (TPSA) is 48.5 Å². The molecule has 1 aliphatic rings. The van der Waals surface area contributed by atoms with Gasteiger partial charge in [0.05, 0.1) is 20.3 Å². The molecule has 2 aromatic carbocycles. The summed E-state index contributed by atoms with van der Waals surface area (Å²) in [6, 6.07) is 10.8. The molecule has 1 N–H and O–H groups in total. The number of thiazole rings is 1. The Morgan fingerprint density at radius 1 is 1.07 bits per heavy atom. The maximum atomic E-state index is 12.3. The molecule has 152 valence electrons. The first-order valence-corrected chi connectivity index (χ1v) is 11.2. The number of halogens is 3. The van der Waals surface area contributed by atoms with Crippen molar-refractivity contribution in [3.05, 3.63) is 57.0 Å². The highest BCUT2D eigenvalue weighted by molar-refractivity contribution is 7.22. The van der Waals surface area contributed by atoms with Crippen LogP contribution in [0.1, 0.15) is 10.4 Å². The number of amides is 1. The molecule has 1 aliphatic heterocycles. The standard InChI is InChI=1S/C20H19Cl3N4OS/c21-13-4-5-14(16(23)12-13)19(28)24-6-7-26-8-10-27(11-9-26)20-25-18-15(22)2-1-3-17(18)29-20/h1-5,12H,6-11H2,(H,24,28). The summed E-state index contributed by atoms with van der Waals surface area (Å²) in [7, 11) is 0. The second-order valence-electron chi connectivity index (χ2n) is 6.79. The summed E-state index contributed by atoms with van der Waals surface area (Å²) < 4.78 is 1.11. The number of benzene rings is 2. The average molecular weight is 470 g/mol. The van der Waals surface area contributed by atoms with Crippen molar-refractivity contribution < 1.29 is 4.79 Å². The molecular formula is C20H19Cl3N4OS. The Morgan fingerprint density at radius 2 is 1.86 bits per heavy atom. The fourth-order valence-corrected chi connectivity index (χ4v) is 5.11. The lowest BCUT2D eigenvalue weighted by atomic mass is 10.2. The van der Waals surface area contributed by atoms with Crippen LogP contribution in [0.5, 0.6) is 0 Å². The molecule has 4 rings (SSSR count). The zero-order chi connectivity index (χ0) is 20.4. The summed E-state index contributed by atoms with van der Waals surface area (Å²) in [5.41, 5.74) is 1.32. The van der Waals surface area contributed by atoms with Crippen molar-refractivity contribution in [1.29, 1.82) is 0 Å². The fourth-order valence-electron chi connectivity index (χ4n) is 3.30. The van der Waals surface area contributed by atoms with Gasteiger partial charge in [-0.3, -0.25) is 9.69 Å². The van der Waals surface area contributed by atoms with E-state index in [1.54, 1.807) is 29.5 Å². The van der Waals surface area contributed by atoms with Crippen LogP contribution >= 0.6 is 46.1 Å².